The van der Waals surface area contributed by atoms with Crippen LogP contribution in [0, 0.1) is 5.21 Å². The van der Waals surface area contributed by atoms with Gasteiger partial charge in [-0.05, 0) is 0 Å². The van der Waals surface area contributed by atoms with Gasteiger partial charge in [-0.1, -0.05) is 0 Å². The van der Waals surface area contributed by atoms with Crippen LogP contribution >= 0.6 is 0 Å². The van der Waals surface area contributed by atoms with Gasteiger partial charge in [0.1, 0.15) is 0 Å². The zero-order valence-electron chi connectivity index (χ0n) is 5.33. The number of rotatable bonds is 1. The van der Waals surface area contributed by atoms with Gasteiger partial charge < -0.3 is 20.7 Å². The molecule has 0 unspecified atom stereocenters. The van der Waals surface area contributed by atoms with Gasteiger partial charge in [-0.25, -0.2) is 0 Å². The van der Waals surface area contributed by atoms with E-state index in [1.165, 1.54) is 7.11 Å². The van der Waals surface area contributed by atoms with Gasteiger partial charge >= 0.3 is 5.88 Å². The summed E-state index contributed by atoms with van der Waals surface area (Å²) in [6, 6.07) is 0. The zero-order valence-corrected chi connectivity index (χ0v) is 5.33. The molecule has 0 spiro atoms. The van der Waals surface area contributed by atoms with E-state index in [1.54, 1.807) is 0 Å². The molecule has 0 aliphatic heterocycles. The Labute approximate surface area is 56.5 Å². The second kappa shape index (κ2) is 1.98. The maximum absolute atomic E-state index is 10.6. The highest BCUT2D eigenvalue weighted by atomic mass is 16.7. The van der Waals surface area contributed by atoms with Gasteiger partial charge in [-0.3, -0.25) is 5.21 Å². The van der Waals surface area contributed by atoms with Crippen LogP contribution in [0.4, 0.5) is 11.6 Å². The molecular formula is C4H7N3O3. The van der Waals surface area contributed by atoms with E-state index < -0.39 is 0 Å². The third-order valence-corrected chi connectivity index (χ3v) is 1.04. The Hall–Kier alpha value is -1.59. The van der Waals surface area contributed by atoms with E-state index in [0.29, 0.717) is 0 Å². The molecule has 56 valence electrons. The highest BCUT2D eigenvalue weighted by molar-refractivity contribution is 5.60. The van der Waals surface area contributed by atoms with Crippen LogP contribution in [0.5, 0.6) is 5.88 Å². The Morgan fingerprint density at radius 3 is 2.40 bits per heavy atom. The Kier molecular flexibility index (Phi) is 1.29. The van der Waals surface area contributed by atoms with Crippen LogP contribution in [0.3, 0.4) is 0 Å². The summed E-state index contributed by atoms with van der Waals surface area (Å²) in [5.41, 5.74) is 10.4. The normalized spacial score (nSPS) is 9.70. The molecule has 0 saturated carbocycles. The summed E-state index contributed by atoms with van der Waals surface area (Å²) in [5.74, 6) is -0.246. The largest absolute Gasteiger partial charge is 0.453 e. The summed E-state index contributed by atoms with van der Waals surface area (Å²) >= 11 is 0. The predicted molar refractivity (Wildman–Crippen MR) is 33.0 cm³/mol. The van der Waals surface area contributed by atoms with Crippen molar-refractivity contribution in [2.24, 2.45) is 0 Å². The molecule has 0 amide bonds. The second-order valence-electron chi connectivity index (χ2n) is 1.64. The smallest absolute Gasteiger partial charge is 0.442 e. The molecule has 0 atom stereocenters. The first-order valence-corrected chi connectivity index (χ1v) is 2.48. The third kappa shape index (κ3) is 0.697. The second-order valence-corrected chi connectivity index (χ2v) is 1.64. The van der Waals surface area contributed by atoms with Crippen molar-refractivity contribution in [2.75, 3.05) is 18.6 Å². The van der Waals surface area contributed by atoms with Gasteiger partial charge in [0.15, 0.2) is 11.6 Å². The standard InChI is InChI=1S/C4H7N3O3/c1-9-4-2(5)3(6)10-7(4)8/h5-6H2,1H3. The summed E-state index contributed by atoms with van der Waals surface area (Å²) in [6.07, 6.45) is 0. The lowest BCUT2D eigenvalue weighted by Gasteiger charge is -1.87. The van der Waals surface area contributed by atoms with Crippen LogP contribution in [0.25, 0.3) is 0 Å². The number of anilines is 2. The molecule has 0 radical (unpaired) electrons. The summed E-state index contributed by atoms with van der Waals surface area (Å²) in [7, 11) is 1.30. The lowest BCUT2D eigenvalue weighted by atomic mass is 10.5. The molecule has 10 heavy (non-hydrogen) atoms. The van der Waals surface area contributed by atoms with E-state index in [4.69, 9.17) is 11.5 Å². The van der Waals surface area contributed by atoms with Crippen molar-refractivity contribution in [3.8, 4) is 5.88 Å². The van der Waals surface area contributed by atoms with Crippen molar-refractivity contribution in [2.45, 2.75) is 0 Å². The minimum Gasteiger partial charge on any atom is -0.442 e. The number of nitrogens with two attached hydrogens (primary N) is 2. The average Bonchev–Trinajstić information content (AvgIpc) is 2.09. The first-order valence-electron chi connectivity index (χ1n) is 2.48. The van der Waals surface area contributed by atoms with Crippen LogP contribution in [0.1, 0.15) is 0 Å². The minimum atomic E-state index is -0.133. The number of hydrogen-bond acceptors (Lipinski definition) is 5. The SMILES string of the molecule is COc1c(N)c(N)o[n+]1[O-]. The molecule has 6 heteroatoms. The van der Waals surface area contributed by atoms with E-state index in [9.17, 15) is 5.21 Å². The molecule has 0 bridgehead atoms. The Morgan fingerprint density at radius 1 is 1.60 bits per heavy atom. The molecule has 0 aliphatic carbocycles. The fourth-order valence-electron chi connectivity index (χ4n) is 0.568. The molecule has 1 aromatic heterocycles. The fourth-order valence-corrected chi connectivity index (χ4v) is 0.568. The Balaban J connectivity index is 3.20. The summed E-state index contributed by atoms with van der Waals surface area (Å²) in [5, 5.41) is 10.6. The maximum Gasteiger partial charge on any atom is 0.453 e. The summed E-state index contributed by atoms with van der Waals surface area (Å²) < 4.78 is 8.87. The van der Waals surface area contributed by atoms with Crippen LogP contribution in [0.15, 0.2) is 4.52 Å². The van der Waals surface area contributed by atoms with Gasteiger partial charge in [-0.15, -0.1) is 0 Å². The molecule has 6 nitrogen and oxygen atoms in total. The lowest BCUT2D eigenvalue weighted by molar-refractivity contribution is -0.792. The fraction of sp³-hybridized carbons (Fsp3) is 0.250. The van der Waals surface area contributed by atoms with Crippen LogP contribution < -0.4 is 21.1 Å². The van der Waals surface area contributed by atoms with Crippen molar-refractivity contribution in [1.29, 1.82) is 0 Å². The van der Waals surface area contributed by atoms with Crippen molar-refractivity contribution < 1.29 is 14.2 Å². The number of ether oxygens (including phenoxy) is 1. The summed E-state index contributed by atoms with van der Waals surface area (Å²) in [6.45, 7) is 0. The molecule has 0 aromatic carbocycles. The molecule has 0 saturated heterocycles. The van der Waals surface area contributed by atoms with Crippen LogP contribution in [-0.2, 0) is 0 Å². The van der Waals surface area contributed by atoms with Gasteiger partial charge in [0.25, 0.3) is 0 Å². The third-order valence-electron chi connectivity index (χ3n) is 1.04. The van der Waals surface area contributed by atoms with Gasteiger partial charge in [0.05, 0.1) is 12.0 Å². The molecule has 1 aromatic rings. The summed E-state index contributed by atoms with van der Waals surface area (Å²) in [4.78, 5) is 0.116. The van der Waals surface area contributed by atoms with Crippen molar-refractivity contribution in [3.63, 3.8) is 0 Å². The lowest BCUT2D eigenvalue weighted by Crippen LogP contribution is -2.24. The van der Waals surface area contributed by atoms with Gasteiger partial charge in [-0.2, -0.15) is 0 Å². The number of aromatic nitrogens is 1. The Bertz CT molecular complexity index is 244. The first kappa shape index (κ1) is 6.53. The van der Waals surface area contributed by atoms with E-state index >= 15 is 0 Å². The number of methoxy groups -OCH3 is 1. The highest BCUT2D eigenvalue weighted by Gasteiger charge is 2.18. The van der Waals surface area contributed by atoms with Crippen molar-refractivity contribution in [3.05, 3.63) is 5.21 Å². The van der Waals surface area contributed by atoms with Crippen LogP contribution in [-0.4, -0.2) is 7.11 Å². The zero-order chi connectivity index (χ0) is 7.72. The van der Waals surface area contributed by atoms with E-state index in [0.717, 1.165) is 0 Å². The Morgan fingerprint density at radius 2 is 2.20 bits per heavy atom. The number of hydrogen-bond donors (Lipinski definition) is 2. The van der Waals surface area contributed by atoms with E-state index in [1.807, 2.05) is 0 Å². The van der Waals surface area contributed by atoms with Crippen LogP contribution in [0.2, 0.25) is 0 Å². The molecule has 1 rings (SSSR count). The number of nitrogens with zero attached hydrogens (tertiary/aromatic N) is 1. The molecule has 4 N–H and O–H groups in total. The predicted octanol–water partition coefficient (Wildman–Crippen LogP) is -0.914. The van der Waals surface area contributed by atoms with Gasteiger partial charge in [0, 0.05) is 0 Å². The first-order chi connectivity index (χ1) is 4.66. The highest BCUT2D eigenvalue weighted by Crippen LogP contribution is 2.22. The minimum absolute atomic E-state index is 0.0255. The van der Waals surface area contributed by atoms with E-state index in [-0.39, 0.29) is 22.4 Å². The molecule has 0 fully saturated rings. The van der Waals surface area contributed by atoms with E-state index in [2.05, 4.69) is 9.26 Å². The maximum atomic E-state index is 10.6. The monoisotopic (exact) mass is 145 g/mol. The quantitative estimate of drug-likeness (QED) is 0.498. The van der Waals surface area contributed by atoms with Crippen molar-refractivity contribution >= 4 is 11.6 Å². The molecule has 0 aliphatic rings. The average molecular weight is 145 g/mol. The number of nitrogen functional groups attached to an aromatic ring is 2. The molecular weight excluding hydrogens is 138 g/mol. The van der Waals surface area contributed by atoms with Gasteiger partial charge in [0.2, 0.25) is 0 Å². The topological polar surface area (TPSA) is 101 Å². The van der Waals surface area contributed by atoms with Crippen molar-refractivity contribution in [1.82, 2.24) is 0 Å². The molecule has 1 heterocycles.